The van der Waals surface area contributed by atoms with Crippen molar-refractivity contribution in [3.63, 3.8) is 0 Å². The number of rotatable bonds is 5. The van der Waals surface area contributed by atoms with Gasteiger partial charge in [-0.05, 0) is 18.2 Å². The second-order valence-corrected chi connectivity index (χ2v) is 5.86. The van der Waals surface area contributed by atoms with Gasteiger partial charge in [-0.15, -0.1) is 0 Å². The Bertz CT molecular complexity index is 1140. The van der Waals surface area contributed by atoms with Crippen LogP contribution in [0.4, 0.5) is 0 Å². The van der Waals surface area contributed by atoms with Gasteiger partial charge in [-0.25, -0.2) is 0 Å². The molecule has 0 spiro atoms. The quantitative estimate of drug-likeness (QED) is 0.382. The Balaban J connectivity index is 1.99. The van der Waals surface area contributed by atoms with E-state index in [0.29, 0.717) is 0 Å². The smallest absolute Gasteiger partial charge is 0.311 e. The molecule has 0 saturated carbocycles. The Morgan fingerprint density at radius 3 is 2.43 bits per heavy atom. The van der Waals surface area contributed by atoms with Crippen molar-refractivity contribution < 1.29 is 39.2 Å². The number of carboxylic acid groups (broad SMARTS) is 1. The molecule has 144 valence electrons. The largest absolute Gasteiger partial charge is 0.508 e. The highest BCUT2D eigenvalue weighted by molar-refractivity contribution is 5.86. The summed E-state index contributed by atoms with van der Waals surface area (Å²) in [5.74, 6) is -3.34. The molecule has 0 unspecified atom stereocenters. The molecule has 0 atom stereocenters. The first-order chi connectivity index (χ1) is 13.2. The molecule has 1 aromatic heterocycles. The first-order valence-electron chi connectivity index (χ1n) is 8.00. The molecule has 9 heteroatoms. The van der Waals surface area contributed by atoms with Crippen LogP contribution >= 0.6 is 0 Å². The number of hydrogen-bond donors (Lipinski definition) is 4. The van der Waals surface area contributed by atoms with Gasteiger partial charge in [-0.1, -0.05) is 0 Å². The lowest BCUT2D eigenvalue weighted by Crippen LogP contribution is -2.10. The Morgan fingerprint density at radius 2 is 1.71 bits per heavy atom. The fourth-order valence-electron chi connectivity index (χ4n) is 2.53. The summed E-state index contributed by atoms with van der Waals surface area (Å²) < 4.78 is 10.5. The second kappa shape index (κ2) is 7.31. The minimum atomic E-state index is -1.17. The number of hydrogen-bond acceptors (Lipinski definition) is 8. The zero-order valence-electron chi connectivity index (χ0n) is 14.2. The monoisotopic (exact) mass is 386 g/mol. The second-order valence-electron chi connectivity index (χ2n) is 5.86. The number of carbonyl (C=O) groups is 2. The number of benzene rings is 2. The van der Waals surface area contributed by atoms with Gasteiger partial charge in [0.25, 0.3) is 0 Å². The molecule has 0 fully saturated rings. The van der Waals surface area contributed by atoms with Crippen LogP contribution in [0.15, 0.2) is 45.6 Å². The third-order valence-electron chi connectivity index (χ3n) is 3.81. The zero-order valence-corrected chi connectivity index (χ0v) is 14.2. The van der Waals surface area contributed by atoms with Crippen LogP contribution in [-0.4, -0.2) is 32.4 Å². The van der Waals surface area contributed by atoms with Crippen molar-refractivity contribution in [1.29, 1.82) is 0 Å². The van der Waals surface area contributed by atoms with Crippen molar-refractivity contribution in [1.82, 2.24) is 0 Å². The predicted molar refractivity (Wildman–Crippen MR) is 95.4 cm³/mol. The number of phenolic OH excluding ortho intramolecular Hbond substituents is 3. The summed E-state index contributed by atoms with van der Waals surface area (Å²) in [4.78, 5) is 34.5. The van der Waals surface area contributed by atoms with Gasteiger partial charge in [0.2, 0.25) is 0 Å². The van der Waals surface area contributed by atoms with Crippen molar-refractivity contribution in [2.24, 2.45) is 0 Å². The summed E-state index contributed by atoms with van der Waals surface area (Å²) in [6.45, 7) is 0. The molecule has 0 amide bonds. The molecule has 28 heavy (non-hydrogen) atoms. The van der Waals surface area contributed by atoms with Crippen LogP contribution in [0.3, 0.4) is 0 Å². The molecule has 1 heterocycles. The van der Waals surface area contributed by atoms with E-state index >= 15 is 0 Å². The molecule has 0 radical (unpaired) electrons. The fraction of sp³-hybridized carbons (Fsp3) is 0.105. The molecule has 0 saturated heterocycles. The third kappa shape index (κ3) is 3.88. The Labute approximate surface area is 156 Å². The van der Waals surface area contributed by atoms with Gasteiger partial charge in [0.05, 0.1) is 12.8 Å². The molecule has 0 aliphatic heterocycles. The van der Waals surface area contributed by atoms with Crippen molar-refractivity contribution in [3.05, 3.63) is 46.6 Å². The third-order valence-corrected chi connectivity index (χ3v) is 3.81. The molecular formula is C19H14O9. The molecule has 0 aliphatic carbocycles. The standard InChI is InChI=1S/C19H14O9/c20-10-6-12(22)19-13(23)8-14(27-16(19)7-10)9-1-2-11(21)15(5-9)28-18(26)4-3-17(24)25/h1-2,5-8,20-22H,3-4H2,(H,24,25). The molecular weight excluding hydrogens is 372 g/mol. The number of esters is 1. The summed E-state index contributed by atoms with van der Waals surface area (Å²) in [5, 5.41) is 37.7. The van der Waals surface area contributed by atoms with Crippen LogP contribution in [0.5, 0.6) is 23.0 Å². The lowest BCUT2D eigenvalue weighted by molar-refractivity contribution is -0.142. The Morgan fingerprint density at radius 1 is 0.964 bits per heavy atom. The molecule has 3 aromatic rings. The summed E-state index contributed by atoms with van der Waals surface area (Å²) in [7, 11) is 0. The van der Waals surface area contributed by atoms with Gasteiger partial charge in [-0.2, -0.15) is 0 Å². The summed E-state index contributed by atoms with van der Waals surface area (Å²) >= 11 is 0. The summed E-state index contributed by atoms with van der Waals surface area (Å²) in [6.07, 6.45) is -0.811. The van der Waals surface area contributed by atoms with E-state index < -0.39 is 29.5 Å². The van der Waals surface area contributed by atoms with E-state index in [-0.39, 0.29) is 46.0 Å². The average molecular weight is 386 g/mol. The first-order valence-corrected chi connectivity index (χ1v) is 8.00. The number of phenols is 3. The zero-order chi connectivity index (χ0) is 20.4. The van der Waals surface area contributed by atoms with Crippen LogP contribution in [0.1, 0.15) is 12.8 Å². The van der Waals surface area contributed by atoms with E-state index in [9.17, 15) is 29.7 Å². The molecule has 9 nitrogen and oxygen atoms in total. The SMILES string of the molecule is O=C(O)CCC(=O)Oc1cc(-c2cc(=O)c3c(O)cc(O)cc3o2)ccc1O. The van der Waals surface area contributed by atoms with Gasteiger partial charge in [0.15, 0.2) is 16.9 Å². The number of ether oxygens (including phenoxy) is 1. The molecule has 3 rings (SSSR count). The Hall–Kier alpha value is -4.01. The van der Waals surface area contributed by atoms with Gasteiger partial charge in [-0.3, -0.25) is 14.4 Å². The Kier molecular flexibility index (Phi) is 4.90. The molecule has 4 N–H and O–H groups in total. The van der Waals surface area contributed by atoms with Gasteiger partial charge < -0.3 is 29.6 Å². The van der Waals surface area contributed by atoms with E-state index in [0.717, 1.165) is 18.2 Å². The van der Waals surface area contributed by atoms with E-state index in [1.807, 2.05) is 0 Å². The van der Waals surface area contributed by atoms with E-state index in [2.05, 4.69) is 0 Å². The van der Waals surface area contributed by atoms with Crippen molar-refractivity contribution in [2.75, 3.05) is 0 Å². The summed E-state index contributed by atoms with van der Waals surface area (Å²) in [5.41, 5.74) is -0.365. The van der Waals surface area contributed by atoms with Gasteiger partial charge >= 0.3 is 11.9 Å². The van der Waals surface area contributed by atoms with E-state index in [4.69, 9.17) is 14.3 Å². The predicted octanol–water partition coefficient (Wildman–Crippen LogP) is 2.35. The maximum Gasteiger partial charge on any atom is 0.311 e. The van der Waals surface area contributed by atoms with Crippen molar-refractivity contribution in [2.45, 2.75) is 12.8 Å². The van der Waals surface area contributed by atoms with Crippen LogP contribution in [-0.2, 0) is 9.59 Å². The lowest BCUT2D eigenvalue weighted by atomic mass is 10.1. The maximum atomic E-state index is 12.3. The number of aromatic hydroxyl groups is 3. The van der Waals surface area contributed by atoms with Crippen LogP contribution in [0.25, 0.3) is 22.3 Å². The van der Waals surface area contributed by atoms with Gasteiger partial charge in [0, 0.05) is 23.8 Å². The summed E-state index contributed by atoms with van der Waals surface area (Å²) in [6, 6.07) is 7.11. The maximum absolute atomic E-state index is 12.3. The van der Waals surface area contributed by atoms with Crippen LogP contribution < -0.4 is 10.2 Å². The van der Waals surface area contributed by atoms with Crippen molar-refractivity contribution in [3.8, 4) is 34.3 Å². The number of carbonyl (C=O) groups excluding carboxylic acids is 1. The minimum absolute atomic E-state index is 0.0327. The lowest BCUT2D eigenvalue weighted by Gasteiger charge is -2.09. The minimum Gasteiger partial charge on any atom is -0.508 e. The number of carboxylic acids is 1. The highest BCUT2D eigenvalue weighted by Crippen LogP contribution is 2.34. The van der Waals surface area contributed by atoms with Crippen LogP contribution in [0, 0.1) is 0 Å². The normalized spacial score (nSPS) is 10.7. The fourth-order valence-corrected chi connectivity index (χ4v) is 2.53. The van der Waals surface area contributed by atoms with E-state index in [1.165, 1.54) is 18.2 Å². The average Bonchev–Trinajstić information content (AvgIpc) is 2.60. The van der Waals surface area contributed by atoms with E-state index in [1.54, 1.807) is 0 Å². The molecule has 0 bridgehead atoms. The number of aliphatic carboxylic acids is 1. The highest BCUT2D eigenvalue weighted by Gasteiger charge is 2.15. The van der Waals surface area contributed by atoms with Gasteiger partial charge in [0.1, 0.15) is 28.2 Å². The first kappa shape index (κ1) is 18.8. The molecule has 2 aromatic carbocycles. The van der Waals surface area contributed by atoms with Crippen molar-refractivity contribution >= 4 is 22.9 Å². The number of fused-ring (bicyclic) bond motifs is 1. The molecule has 0 aliphatic rings. The van der Waals surface area contributed by atoms with Crippen LogP contribution in [0.2, 0.25) is 0 Å². The topological polar surface area (TPSA) is 154 Å². The highest BCUT2D eigenvalue weighted by atomic mass is 16.5.